The highest BCUT2D eigenvalue weighted by Gasteiger charge is 2.11. The van der Waals surface area contributed by atoms with Crippen LogP contribution in [0.2, 0.25) is 0 Å². The van der Waals surface area contributed by atoms with E-state index >= 15 is 0 Å². The molecule has 16 heavy (non-hydrogen) atoms. The molecular formula is C12H12F2N2. The second kappa shape index (κ2) is 3.70. The number of nitrogens with two attached hydrogens (primary N) is 1. The highest BCUT2D eigenvalue weighted by Crippen LogP contribution is 2.27. The maximum absolute atomic E-state index is 13.5. The fraction of sp³-hybridized carbons (Fsp3) is 0.250. The topological polar surface area (TPSA) is 38.9 Å². The fourth-order valence-electron chi connectivity index (χ4n) is 1.63. The summed E-state index contributed by atoms with van der Waals surface area (Å²) in [7, 11) is 0. The lowest BCUT2D eigenvalue weighted by molar-refractivity contribution is 0.591. The van der Waals surface area contributed by atoms with Gasteiger partial charge in [-0.3, -0.25) is 4.98 Å². The summed E-state index contributed by atoms with van der Waals surface area (Å²) in [4.78, 5) is 4.20. The number of nitrogen functional groups attached to an aromatic ring is 1. The van der Waals surface area contributed by atoms with Gasteiger partial charge in [0.25, 0.3) is 0 Å². The lowest BCUT2D eigenvalue weighted by atomic mass is 10.1. The van der Waals surface area contributed by atoms with E-state index in [1.807, 2.05) is 13.8 Å². The fourth-order valence-corrected chi connectivity index (χ4v) is 1.63. The van der Waals surface area contributed by atoms with Crippen LogP contribution in [0.5, 0.6) is 0 Å². The summed E-state index contributed by atoms with van der Waals surface area (Å²) in [6.07, 6.45) is 0. The molecule has 0 saturated carbocycles. The molecule has 4 heteroatoms. The number of aromatic nitrogens is 1. The molecule has 0 radical (unpaired) electrons. The molecule has 0 unspecified atom stereocenters. The Hall–Kier alpha value is -1.71. The van der Waals surface area contributed by atoms with Crippen molar-refractivity contribution in [2.75, 3.05) is 5.73 Å². The van der Waals surface area contributed by atoms with E-state index in [0.29, 0.717) is 5.69 Å². The molecule has 0 aliphatic carbocycles. The van der Waals surface area contributed by atoms with Gasteiger partial charge in [0.2, 0.25) is 0 Å². The van der Waals surface area contributed by atoms with Gasteiger partial charge in [0.1, 0.15) is 11.6 Å². The number of benzene rings is 1. The molecule has 2 N–H and O–H groups in total. The van der Waals surface area contributed by atoms with E-state index < -0.39 is 11.6 Å². The van der Waals surface area contributed by atoms with Crippen LogP contribution in [0.1, 0.15) is 25.5 Å². The van der Waals surface area contributed by atoms with Crippen LogP contribution in [0.25, 0.3) is 10.9 Å². The van der Waals surface area contributed by atoms with Crippen LogP contribution in [0, 0.1) is 11.6 Å². The SMILES string of the molecule is CC(C)c1cc(N)c2c(F)cc(F)cc2n1. The zero-order valence-electron chi connectivity index (χ0n) is 9.09. The zero-order chi connectivity index (χ0) is 11.9. The Kier molecular flexibility index (Phi) is 2.50. The molecule has 2 aromatic rings. The summed E-state index contributed by atoms with van der Waals surface area (Å²) in [6, 6.07) is 3.64. The number of pyridine rings is 1. The molecule has 2 nitrogen and oxygen atoms in total. The normalized spacial score (nSPS) is 11.3. The lowest BCUT2D eigenvalue weighted by Gasteiger charge is -2.09. The third-order valence-corrected chi connectivity index (χ3v) is 2.47. The minimum absolute atomic E-state index is 0.165. The molecule has 0 aliphatic rings. The number of rotatable bonds is 1. The van der Waals surface area contributed by atoms with E-state index in [1.165, 1.54) is 6.07 Å². The van der Waals surface area contributed by atoms with Crippen molar-refractivity contribution in [1.82, 2.24) is 4.98 Å². The Morgan fingerprint density at radius 3 is 2.50 bits per heavy atom. The van der Waals surface area contributed by atoms with Gasteiger partial charge in [-0.15, -0.1) is 0 Å². The van der Waals surface area contributed by atoms with Gasteiger partial charge < -0.3 is 5.73 Å². The first-order valence-corrected chi connectivity index (χ1v) is 5.04. The van der Waals surface area contributed by atoms with E-state index in [0.717, 1.165) is 11.8 Å². The van der Waals surface area contributed by atoms with E-state index in [2.05, 4.69) is 4.98 Å². The Morgan fingerprint density at radius 1 is 1.19 bits per heavy atom. The first-order valence-electron chi connectivity index (χ1n) is 5.04. The molecule has 0 bridgehead atoms. The minimum Gasteiger partial charge on any atom is -0.398 e. The van der Waals surface area contributed by atoms with Crippen LogP contribution in [0.4, 0.5) is 14.5 Å². The van der Waals surface area contributed by atoms with E-state index in [9.17, 15) is 8.78 Å². The van der Waals surface area contributed by atoms with Crippen molar-refractivity contribution >= 4 is 16.6 Å². The number of anilines is 1. The van der Waals surface area contributed by atoms with Gasteiger partial charge >= 0.3 is 0 Å². The number of nitrogens with zero attached hydrogens (tertiary/aromatic N) is 1. The maximum Gasteiger partial charge on any atom is 0.137 e. The second-order valence-corrected chi connectivity index (χ2v) is 4.07. The van der Waals surface area contributed by atoms with Crippen molar-refractivity contribution in [2.45, 2.75) is 19.8 Å². The van der Waals surface area contributed by atoms with Gasteiger partial charge in [0.15, 0.2) is 0 Å². The van der Waals surface area contributed by atoms with Gasteiger partial charge in [-0.1, -0.05) is 13.8 Å². The average molecular weight is 222 g/mol. The van der Waals surface area contributed by atoms with Crippen molar-refractivity contribution in [2.24, 2.45) is 0 Å². The quantitative estimate of drug-likeness (QED) is 0.804. The Labute approximate surface area is 92.1 Å². The molecule has 1 aromatic heterocycles. The smallest absolute Gasteiger partial charge is 0.137 e. The monoisotopic (exact) mass is 222 g/mol. The largest absolute Gasteiger partial charge is 0.398 e. The standard InChI is InChI=1S/C12H12F2N2/c1-6(2)10-5-9(15)12-8(14)3-7(13)4-11(12)16-10/h3-6H,1-2H3,(H2,15,16). The summed E-state index contributed by atoms with van der Waals surface area (Å²) in [5, 5.41) is 0.186. The Morgan fingerprint density at radius 2 is 1.88 bits per heavy atom. The Bertz CT molecular complexity index is 550. The van der Waals surface area contributed by atoms with Crippen molar-refractivity contribution in [3.8, 4) is 0 Å². The van der Waals surface area contributed by atoms with E-state index in [-0.39, 0.29) is 16.8 Å². The molecule has 0 spiro atoms. The first kappa shape index (κ1) is 10.8. The second-order valence-electron chi connectivity index (χ2n) is 4.07. The highest BCUT2D eigenvalue weighted by molar-refractivity contribution is 5.90. The number of hydrogen-bond donors (Lipinski definition) is 1. The van der Waals surface area contributed by atoms with Gasteiger partial charge in [-0.05, 0) is 12.0 Å². The average Bonchev–Trinajstić information content (AvgIpc) is 2.15. The summed E-state index contributed by atoms with van der Waals surface area (Å²) >= 11 is 0. The maximum atomic E-state index is 13.5. The van der Waals surface area contributed by atoms with Crippen LogP contribution in [-0.2, 0) is 0 Å². The third kappa shape index (κ3) is 1.71. The van der Waals surface area contributed by atoms with Crippen LogP contribution >= 0.6 is 0 Å². The van der Waals surface area contributed by atoms with Gasteiger partial charge in [0, 0.05) is 23.5 Å². The zero-order valence-corrected chi connectivity index (χ0v) is 9.09. The summed E-state index contributed by atoms with van der Waals surface area (Å²) < 4.78 is 26.5. The Balaban J connectivity index is 2.81. The van der Waals surface area contributed by atoms with E-state index in [1.54, 1.807) is 6.07 Å². The van der Waals surface area contributed by atoms with Crippen LogP contribution < -0.4 is 5.73 Å². The number of halogens is 2. The summed E-state index contributed by atoms with van der Waals surface area (Å²) in [5.41, 5.74) is 7.04. The van der Waals surface area contributed by atoms with Gasteiger partial charge in [-0.2, -0.15) is 0 Å². The van der Waals surface area contributed by atoms with Crippen LogP contribution in [0.15, 0.2) is 18.2 Å². The molecule has 1 heterocycles. The van der Waals surface area contributed by atoms with Crippen LogP contribution in [-0.4, -0.2) is 4.98 Å². The summed E-state index contributed by atoms with van der Waals surface area (Å²) in [6.45, 7) is 3.90. The molecule has 0 saturated heterocycles. The molecule has 84 valence electrons. The number of hydrogen-bond acceptors (Lipinski definition) is 2. The van der Waals surface area contributed by atoms with E-state index in [4.69, 9.17) is 5.73 Å². The molecule has 2 rings (SSSR count). The molecule has 0 aliphatic heterocycles. The van der Waals surface area contributed by atoms with Crippen molar-refractivity contribution < 1.29 is 8.78 Å². The number of fused-ring (bicyclic) bond motifs is 1. The highest BCUT2D eigenvalue weighted by atomic mass is 19.1. The van der Waals surface area contributed by atoms with Gasteiger partial charge in [-0.25, -0.2) is 8.78 Å². The first-order chi connectivity index (χ1) is 7.49. The van der Waals surface area contributed by atoms with Gasteiger partial charge in [0.05, 0.1) is 10.9 Å². The molecule has 0 amide bonds. The van der Waals surface area contributed by atoms with Crippen molar-refractivity contribution in [3.05, 3.63) is 35.5 Å². The lowest BCUT2D eigenvalue weighted by Crippen LogP contribution is -1.99. The third-order valence-electron chi connectivity index (χ3n) is 2.47. The predicted octanol–water partition coefficient (Wildman–Crippen LogP) is 3.22. The minimum atomic E-state index is -0.671. The molecular weight excluding hydrogens is 210 g/mol. The molecule has 0 fully saturated rings. The molecule has 1 aromatic carbocycles. The van der Waals surface area contributed by atoms with Crippen molar-refractivity contribution in [3.63, 3.8) is 0 Å². The molecule has 0 atom stereocenters. The van der Waals surface area contributed by atoms with Crippen LogP contribution in [0.3, 0.4) is 0 Å². The van der Waals surface area contributed by atoms with Crippen molar-refractivity contribution in [1.29, 1.82) is 0 Å². The summed E-state index contributed by atoms with van der Waals surface area (Å²) in [5.74, 6) is -1.15. The predicted molar refractivity (Wildman–Crippen MR) is 60.2 cm³/mol.